The van der Waals surface area contributed by atoms with Gasteiger partial charge in [-0.15, -0.1) is 0 Å². The zero-order chi connectivity index (χ0) is 19.7. The first kappa shape index (κ1) is 18.4. The summed E-state index contributed by atoms with van der Waals surface area (Å²) in [7, 11) is 1.56. The molecule has 7 nitrogen and oxygen atoms in total. The summed E-state index contributed by atoms with van der Waals surface area (Å²) in [5, 5.41) is 0.959. The van der Waals surface area contributed by atoms with Crippen LogP contribution in [0.4, 0.5) is 0 Å². The Hall–Kier alpha value is -2.97. The van der Waals surface area contributed by atoms with E-state index < -0.39 is 0 Å². The number of hydrogen-bond donors (Lipinski definition) is 0. The van der Waals surface area contributed by atoms with Gasteiger partial charge in [0.25, 0.3) is 17.4 Å². The van der Waals surface area contributed by atoms with Crippen molar-refractivity contribution in [1.29, 1.82) is 0 Å². The molecular weight excluding hydrogens is 378 g/mol. The number of carbonyl (C=O) groups excluding carboxylic acids is 2. The Labute approximate surface area is 164 Å². The number of imide groups is 1. The first-order valence-electron chi connectivity index (χ1n) is 8.68. The second-order valence-electron chi connectivity index (χ2n) is 6.22. The van der Waals surface area contributed by atoms with E-state index in [1.807, 2.05) is 6.07 Å². The predicted molar refractivity (Wildman–Crippen MR) is 106 cm³/mol. The fraction of sp³-hybridized carbons (Fsp3) is 0.200. The minimum atomic E-state index is -0.334. The fourth-order valence-electron chi connectivity index (χ4n) is 3.12. The van der Waals surface area contributed by atoms with Crippen molar-refractivity contribution < 1.29 is 14.3 Å². The van der Waals surface area contributed by atoms with E-state index >= 15 is 0 Å². The molecule has 4 rings (SSSR count). The van der Waals surface area contributed by atoms with Crippen LogP contribution in [-0.2, 0) is 11.3 Å². The lowest BCUT2D eigenvalue weighted by molar-refractivity contribution is 0.0684. The number of rotatable bonds is 6. The molecule has 0 saturated carbocycles. The molecule has 2 heterocycles. The van der Waals surface area contributed by atoms with Crippen LogP contribution in [0.1, 0.15) is 20.7 Å². The van der Waals surface area contributed by atoms with Gasteiger partial charge in [0.2, 0.25) is 0 Å². The number of benzene rings is 2. The Morgan fingerprint density at radius 3 is 2.29 bits per heavy atom. The number of hydrogen-bond acceptors (Lipinski definition) is 6. The molecule has 1 aliphatic heterocycles. The van der Waals surface area contributed by atoms with Gasteiger partial charge in [-0.25, -0.2) is 4.98 Å². The maximum Gasteiger partial charge on any atom is 0.262 e. The van der Waals surface area contributed by atoms with E-state index in [0.717, 1.165) is 0 Å². The first-order valence-corrected chi connectivity index (χ1v) is 9.67. The Bertz CT molecular complexity index is 1110. The average Bonchev–Trinajstić information content (AvgIpc) is 2.96. The number of nitrogens with zero attached hydrogens (tertiary/aromatic N) is 3. The third-order valence-electron chi connectivity index (χ3n) is 4.55. The highest BCUT2D eigenvalue weighted by Crippen LogP contribution is 2.26. The summed E-state index contributed by atoms with van der Waals surface area (Å²) >= 11 is 1.18. The van der Waals surface area contributed by atoms with Gasteiger partial charge in [-0.3, -0.25) is 23.9 Å². The molecule has 0 unspecified atom stereocenters. The van der Waals surface area contributed by atoms with Crippen LogP contribution < -0.4 is 5.56 Å². The van der Waals surface area contributed by atoms with Crippen molar-refractivity contribution in [3.05, 3.63) is 70.0 Å². The van der Waals surface area contributed by atoms with Crippen LogP contribution in [0, 0.1) is 0 Å². The quantitative estimate of drug-likeness (QED) is 0.362. The molecular formula is C20H17N3O4S. The Morgan fingerprint density at radius 1 is 0.964 bits per heavy atom. The number of ether oxygens (including phenoxy) is 1. The van der Waals surface area contributed by atoms with Gasteiger partial charge in [-0.2, -0.15) is 0 Å². The van der Waals surface area contributed by atoms with Gasteiger partial charge in [-0.05, 0) is 24.3 Å². The second kappa shape index (κ2) is 7.57. The van der Waals surface area contributed by atoms with E-state index in [1.54, 1.807) is 49.6 Å². The Balaban J connectivity index is 1.66. The minimum absolute atomic E-state index is 0.0735. The van der Waals surface area contributed by atoms with Gasteiger partial charge >= 0.3 is 0 Å². The average molecular weight is 395 g/mol. The number of para-hydroxylation sites is 1. The van der Waals surface area contributed by atoms with E-state index in [1.165, 1.54) is 21.2 Å². The van der Waals surface area contributed by atoms with Crippen LogP contribution in [-0.4, -0.2) is 45.9 Å². The van der Waals surface area contributed by atoms with E-state index in [9.17, 15) is 14.4 Å². The Kier molecular flexibility index (Phi) is 4.97. The van der Waals surface area contributed by atoms with Gasteiger partial charge in [0.1, 0.15) is 0 Å². The summed E-state index contributed by atoms with van der Waals surface area (Å²) in [6.07, 6.45) is 0. The number of amides is 2. The summed E-state index contributed by atoms with van der Waals surface area (Å²) in [6.45, 7) is 0.679. The minimum Gasteiger partial charge on any atom is -0.383 e. The van der Waals surface area contributed by atoms with Crippen molar-refractivity contribution in [1.82, 2.24) is 14.5 Å². The molecule has 3 aromatic rings. The SMILES string of the molecule is COCCn1c(SCN2C(=O)c3ccccc3C2=O)nc2ccccc2c1=O. The second-order valence-corrected chi connectivity index (χ2v) is 7.13. The summed E-state index contributed by atoms with van der Waals surface area (Å²) in [6, 6.07) is 13.8. The van der Waals surface area contributed by atoms with Crippen molar-refractivity contribution in [3.63, 3.8) is 0 Å². The normalized spacial score (nSPS) is 13.4. The molecule has 8 heteroatoms. The number of methoxy groups -OCH3 is 1. The lowest BCUT2D eigenvalue weighted by Crippen LogP contribution is -2.30. The predicted octanol–water partition coefficient (Wildman–Crippen LogP) is 2.39. The zero-order valence-electron chi connectivity index (χ0n) is 15.1. The van der Waals surface area contributed by atoms with Gasteiger partial charge < -0.3 is 4.74 Å². The van der Waals surface area contributed by atoms with E-state index in [4.69, 9.17) is 4.74 Å². The smallest absolute Gasteiger partial charge is 0.262 e. The molecule has 2 aromatic carbocycles. The van der Waals surface area contributed by atoms with Crippen LogP contribution in [0.2, 0.25) is 0 Å². The Morgan fingerprint density at radius 2 is 1.61 bits per heavy atom. The van der Waals surface area contributed by atoms with E-state index in [2.05, 4.69) is 4.98 Å². The van der Waals surface area contributed by atoms with E-state index in [0.29, 0.717) is 40.3 Å². The molecule has 1 aliphatic rings. The molecule has 142 valence electrons. The van der Waals surface area contributed by atoms with E-state index in [-0.39, 0.29) is 23.3 Å². The van der Waals surface area contributed by atoms with Crippen LogP contribution >= 0.6 is 11.8 Å². The zero-order valence-corrected chi connectivity index (χ0v) is 15.9. The van der Waals surface area contributed by atoms with Crippen LogP contribution in [0.15, 0.2) is 58.5 Å². The molecule has 0 N–H and O–H groups in total. The largest absolute Gasteiger partial charge is 0.383 e. The maximum atomic E-state index is 12.9. The molecule has 0 aliphatic carbocycles. The van der Waals surface area contributed by atoms with Gasteiger partial charge in [0.05, 0.1) is 41.1 Å². The summed E-state index contributed by atoms with van der Waals surface area (Å²) < 4.78 is 6.63. The van der Waals surface area contributed by atoms with Gasteiger partial charge in [-0.1, -0.05) is 36.0 Å². The van der Waals surface area contributed by atoms with Crippen molar-refractivity contribution in [2.75, 3.05) is 19.6 Å². The van der Waals surface area contributed by atoms with Crippen molar-refractivity contribution >= 4 is 34.5 Å². The summed E-state index contributed by atoms with van der Waals surface area (Å²) in [5.41, 5.74) is 1.20. The van der Waals surface area contributed by atoms with Crippen LogP contribution in [0.3, 0.4) is 0 Å². The van der Waals surface area contributed by atoms with Gasteiger partial charge in [0, 0.05) is 7.11 Å². The molecule has 0 bridgehead atoms. The third kappa shape index (κ3) is 3.10. The van der Waals surface area contributed by atoms with Crippen LogP contribution in [0.25, 0.3) is 10.9 Å². The summed E-state index contributed by atoms with van der Waals surface area (Å²) in [5.74, 6) is -0.594. The highest BCUT2D eigenvalue weighted by Gasteiger charge is 2.35. The number of aromatic nitrogens is 2. The molecule has 0 spiro atoms. The molecule has 0 saturated heterocycles. The maximum absolute atomic E-state index is 12.9. The first-order chi connectivity index (χ1) is 13.6. The molecule has 0 radical (unpaired) electrons. The topological polar surface area (TPSA) is 81.5 Å². The molecule has 0 atom stereocenters. The van der Waals surface area contributed by atoms with Crippen LogP contribution in [0.5, 0.6) is 0 Å². The molecule has 28 heavy (non-hydrogen) atoms. The lowest BCUT2D eigenvalue weighted by Gasteiger charge is -2.16. The molecule has 2 amide bonds. The summed E-state index contributed by atoms with van der Waals surface area (Å²) in [4.78, 5) is 43.7. The van der Waals surface area contributed by atoms with Gasteiger partial charge in [0.15, 0.2) is 5.16 Å². The lowest BCUT2D eigenvalue weighted by atomic mass is 10.1. The molecule has 1 aromatic heterocycles. The third-order valence-corrected chi connectivity index (χ3v) is 5.50. The number of carbonyl (C=O) groups is 2. The highest BCUT2D eigenvalue weighted by atomic mass is 32.2. The fourth-order valence-corrected chi connectivity index (χ4v) is 4.09. The number of fused-ring (bicyclic) bond motifs is 2. The van der Waals surface area contributed by atoms with Crippen molar-refractivity contribution in [2.24, 2.45) is 0 Å². The molecule has 0 fully saturated rings. The van der Waals surface area contributed by atoms with Crippen molar-refractivity contribution in [2.45, 2.75) is 11.7 Å². The monoisotopic (exact) mass is 395 g/mol. The van der Waals surface area contributed by atoms with Crippen molar-refractivity contribution in [3.8, 4) is 0 Å². The standard InChI is InChI=1S/C20H17N3O4S/c1-27-11-10-22-19(26)15-8-4-5-9-16(15)21-20(22)28-12-23-17(24)13-6-2-3-7-14(13)18(23)25/h2-9H,10-12H2,1H3. The number of thioether (sulfide) groups is 1. The highest BCUT2D eigenvalue weighted by molar-refractivity contribution is 7.99.